The van der Waals surface area contributed by atoms with Crippen molar-refractivity contribution in [1.82, 2.24) is 4.31 Å². The molecule has 5 nitrogen and oxygen atoms in total. The lowest BCUT2D eigenvalue weighted by molar-refractivity contribution is -0.141. The Morgan fingerprint density at radius 1 is 1.25 bits per heavy atom. The van der Waals surface area contributed by atoms with Crippen molar-refractivity contribution < 1.29 is 17.9 Å². The molecule has 0 spiro atoms. The predicted molar refractivity (Wildman–Crippen MR) is 77.8 cm³/mol. The van der Waals surface area contributed by atoms with Crippen molar-refractivity contribution in [2.24, 2.45) is 0 Å². The first-order valence-corrected chi connectivity index (χ1v) is 8.08. The van der Waals surface area contributed by atoms with Crippen molar-refractivity contribution >= 4 is 16.0 Å². The third kappa shape index (κ3) is 4.94. The van der Waals surface area contributed by atoms with E-state index < -0.39 is 16.0 Å². The summed E-state index contributed by atoms with van der Waals surface area (Å²) in [5, 5.41) is 0. The minimum atomic E-state index is -3.49. The number of benzene rings is 1. The summed E-state index contributed by atoms with van der Waals surface area (Å²) in [7, 11) is -2.25. The largest absolute Gasteiger partial charge is 0.468 e. The average molecular weight is 299 g/mol. The standard InChI is InChI=1S/C14H21NO4S/c1-12(2)15(11-14(16)19-3)20(17,18)10-9-13-7-5-4-6-8-13/h4-8,12H,9-11H2,1-3H3. The van der Waals surface area contributed by atoms with Crippen LogP contribution < -0.4 is 0 Å². The zero-order valence-corrected chi connectivity index (χ0v) is 12.9. The van der Waals surface area contributed by atoms with Crippen LogP contribution in [0.3, 0.4) is 0 Å². The normalized spacial score (nSPS) is 11.8. The van der Waals surface area contributed by atoms with Crippen molar-refractivity contribution in [2.45, 2.75) is 26.3 Å². The van der Waals surface area contributed by atoms with Gasteiger partial charge in [0, 0.05) is 6.04 Å². The van der Waals surface area contributed by atoms with Gasteiger partial charge in [-0.2, -0.15) is 4.31 Å². The van der Waals surface area contributed by atoms with Gasteiger partial charge in [0.25, 0.3) is 0 Å². The minimum Gasteiger partial charge on any atom is -0.468 e. The van der Waals surface area contributed by atoms with Crippen molar-refractivity contribution in [2.75, 3.05) is 19.4 Å². The topological polar surface area (TPSA) is 63.7 Å². The zero-order valence-electron chi connectivity index (χ0n) is 12.1. The molecule has 1 rings (SSSR count). The number of nitrogens with zero attached hydrogens (tertiary/aromatic N) is 1. The van der Waals surface area contributed by atoms with E-state index in [4.69, 9.17) is 0 Å². The van der Waals surface area contributed by atoms with Gasteiger partial charge in [0.2, 0.25) is 10.0 Å². The van der Waals surface area contributed by atoms with Gasteiger partial charge < -0.3 is 4.74 Å². The predicted octanol–water partition coefficient (Wildman–Crippen LogP) is 1.44. The molecule has 1 aromatic carbocycles. The maximum Gasteiger partial charge on any atom is 0.321 e. The Hall–Kier alpha value is -1.40. The summed E-state index contributed by atoms with van der Waals surface area (Å²) in [6, 6.07) is 9.11. The lowest BCUT2D eigenvalue weighted by Gasteiger charge is -2.24. The van der Waals surface area contributed by atoms with Crippen molar-refractivity contribution in [3.05, 3.63) is 35.9 Å². The van der Waals surface area contributed by atoms with Gasteiger partial charge in [-0.15, -0.1) is 0 Å². The van der Waals surface area contributed by atoms with E-state index in [-0.39, 0.29) is 18.3 Å². The van der Waals surface area contributed by atoms with Crippen LogP contribution in [0.2, 0.25) is 0 Å². The van der Waals surface area contributed by atoms with Crippen LogP contribution >= 0.6 is 0 Å². The Labute approximate surface area is 120 Å². The Balaban J connectivity index is 2.75. The second-order valence-electron chi connectivity index (χ2n) is 4.77. The molecule has 0 unspecified atom stereocenters. The highest BCUT2D eigenvalue weighted by molar-refractivity contribution is 7.89. The fourth-order valence-electron chi connectivity index (χ4n) is 1.80. The third-order valence-corrected chi connectivity index (χ3v) is 4.92. The van der Waals surface area contributed by atoms with Gasteiger partial charge in [-0.1, -0.05) is 30.3 Å². The van der Waals surface area contributed by atoms with Crippen LogP contribution in [-0.4, -0.2) is 44.1 Å². The number of hydrogen-bond acceptors (Lipinski definition) is 4. The molecule has 0 bridgehead atoms. The van der Waals surface area contributed by atoms with Crippen LogP contribution in [0.15, 0.2) is 30.3 Å². The molecule has 20 heavy (non-hydrogen) atoms. The SMILES string of the molecule is COC(=O)CN(C(C)C)S(=O)(=O)CCc1ccccc1. The monoisotopic (exact) mass is 299 g/mol. The van der Waals surface area contributed by atoms with Crippen LogP contribution in [0.1, 0.15) is 19.4 Å². The smallest absolute Gasteiger partial charge is 0.321 e. The van der Waals surface area contributed by atoms with E-state index >= 15 is 0 Å². The van der Waals surface area contributed by atoms with E-state index in [9.17, 15) is 13.2 Å². The van der Waals surface area contributed by atoms with Crippen LogP contribution in [0.5, 0.6) is 0 Å². The molecule has 0 aliphatic carbocycles. The second-order valence-corrected chi connectivity index (χ2v) is 6.81. The Morgan fingerprint density at radius 2 is 1.85 bits per heavy atom. The summed E-state index contributed by atoms with van der Waals surface area (Å²) < 4.78 is 30.4. The molecule has 0 aromatic heterocycles. The van der Waals surface area contributed by atoms with E-state index in [2.05, 4.69) is 4.74 Å². The zero-order chi connectivity index (χ0) is 15.2. The van der Waals surface area contributed by atoms with Crippen molar-refractivity contribution in [3.8, 4) is 0 Å². The molecule has 0 radical (unpaired) electrons. The molecule has 0 N–H and O–H groups in total. The molecule has 0 atom stereocenters. The molecular weight excluding hydrogens is 278 g/mol. The highest BCUT2D eigenvalue weighted by Gasteiger charge is 2.27. The Kier molecular flexibility index (Phi) is 6.16. The van der Waals surface area contributed by atoms with Crippen LogP contribution in [-0.2, 0) is 26.0 Å². The molecule has 0 aliphatic rings. The highest BCUT2D eigenvalue weighted by atomic mass is 32.2. The summed E-state index contributed by atoms with van der Waals surface area (Å²) in [6.45, 7) is 3.23. The molecule has 1 aromatic rings. The first-order chi connectivity index (χ1) is 9.36. The molecule has 0 aliphatic heterocycles. The van der Waals surface area contributed by atoms with E-state index in [1.54, 1.807) is 13.8 Å². The first kappa shape index (κ1) is 16.7. The summed E-state index contributed by atoms with van der Waals surface area (Å²) in [5.74, 6) is -0.575. The molecule has 0 saturated carbocycles. The molecular formula is C14H21NO4S. The number of hydrogen-bond donors (Lipinski definition) is 0. The minimum absolute atomic E-state index is 0.0216. The molecule has 0 fully saturated rings. The van der Waals surface area contributed by atoms with Gasteiger partial charge in [-0.25, -0.2) is 8.42 Å². The summed E-state index contributed by atoms with van der Waals surface area (Å²) >= 11 is 0. The molecule has 0 saturated heterocycles. The van der Waals surface area contributed by atoms with E-state index in [0.29, 0.717) is 6.42 Å². The number of esters is 1. The average Bonchev–Trinajstić information content (AvgIpc) is 2.43. The fraction of sp³-hybridized carbons (Fsp3) is 0.500. The van der Waals surface area contributed by atoms with Gasteiger partial charge in [0.1, 0.15) is 6.54 Å². The number of ether oxygens (including phenoxy) is 1. The second kappa shape index (κ2) is 7.40. The fourth-order valence-corrected chi connectivity index (χ4v) is 3.48. The van der Waals surface area contributed by atoms with Crippen molar-refractivity contribution in [1.29, 1.82) is 0 Å². The maximum absolute atomic E-state index is 12.3. The summed E-state index contributed by atoms with van der Waals surface area (Å²) in [6.07, 6.45) is 0.424. The van der Waals surface area contributed by atoms with Crippen molar-refractivity contribution in [3.63, 3.8) is 0 Å². The number of rotatable bonds is 7. The van der Waals surface area contributed by atoms with Gasteiger partial charge >= 0.3 is 5.97 Å². The maximum atomic E-state index is 12.3. The van der Waals surface area contributed by atoms with Gasteiger partial charge in [-0.3, -0.25) is 4.79 Å². The summed E-state index contributed by atoms with van der Waals surface area (Å²) in [4.78, 5) is 11.3. The number of carbonyl (C=O) groups is 1. The lowest BCUT2D eigenvalue weighted by Crippen LogP contribution is -2.42. The quantitative estimate of drug-likeness (QED) is 0.715. The number of methoxy groups -OCH3 is 1. The first-order valence-electron chi connectivity index (χ1n) is 6.47. The van der Waals surface area contributed by atoms with Gasteiger partial charge in [0.05, 0.1) is 12.9 Å². The molecule has 6 heteroatoms. The molecule has 0 heterocycles. The lowest BCUT2D eigenvalue weighted by atomic mass is 10.2. The van der Waals surface area contributed by atoms with E-state index in [0.717, 1.165) is 5.56 Å². The van der Waals surface area contributed by atoms with E-state index in [1.165, 1.54) is 11.4 Å². The van der Waals surface area contributed by atoms with Crippen LogP contribution in [0, 0.1) is 0 Å². The highest BCUT2D eigenvalue weighted by Crippen LogP contribution is 2.10. The van der Waals surface area contributed by atoms with Gasteiger partial charge in [-0.05, 0) is 25.8 Å². The number of sulfonamides is 1. The molecule has 0 amide bonds. The van der Waals surface area contributed by atoms with Gasteiger partial charge in [0.15, 0.2) is 0 Å². The van der Waals surface area contributed by atoms with Crippen LogP contribution in [0.25, 0.3) is 0 Å². The van der Waals surface area contributed by atoms with Crippen LogP contribution in [0.4, 0.5) is 0 Å². The Bertz CT molecular complexity index is 525. The Morgan fingerprint density at radius 3 is 2.35 bits per heavy atom. The van der Waals surface area contributed by atoms with E-state index in [1.807, 2.05) is 30.3 Å². The number of carbonyl (C=O) groups excluding carboxylic acids is 1. The summed E-state index contributed by atoms with van der Waals surface area (Å²) in [5.41, 5.74) is 0.956. The number of aryl methyl sites for hydroxylation is 1. The third-order valence-electron chi connectivity index (χ3n) is 2.94. The molecule has 112 valence electrons.